The van der Waals surface area contributed by atoms with Crippen LogP contribution in [0.4, 0.5) is 22.0 Å². The predicted octanol–water partition coefficient (Wildman–Crippen LogP) is 3.44. The average Bonchev–Trinajstić information content (AvgIpc) is 2.71. The molecule has 5 nitrogen and oxygen atoms in total. The van der Waals surface area contributed by atoms with Crippen LogP contribution >= 0.6 is 0 Å². The van der Waals surface area contributed by atoms with Crippen LogP contribution in [0, 0.1) is 11.6 Å². The Labute approximate surface area is 175 Å². The van der Waals surface area contributed by atoms with Gasteiger partial charge < -0.3 is 4.90 Å². The summed E-state index contributed by atoms with van der Waals surface area (Å²) in [6, 6.07) is 8.89. The number of benzene rings is 2. The standard InChI is InChI=1S/C20H17F5N2O3S/c21-15-6-7-18(17(22)12-15)31(29,30)27-10-8-26(9-11-27)19(28)13-16(20(23,24)25)14-4-2-1-3-5-14/h1-7,12-13H,8-11H2/b16-13-. The molecule has 2 aromatic rings. The number of allylic oxidation sites excluding steroid dienone is 1. The molecular weight excluding hydrogens is 443 g/mol. The summed E-state index contributed by atoms with van der Waals surface area (Å²) >= 11 is 0. The van der Waals surface area contributed by atoms with Crippen molar-refractivity contribution in [1.29, 1.82) is 0 Å². The third kappa shape index (κ3) is 5.10. The SMILES string of the molecule is O=C(/C=C(/c1ccccc1)C(F)(F)F)N1CCN(S(=O)(=O)c2ccc(F)cc2F)CC1. The number of hydrogen-bond acceptors (Lipinski definition) is 3. The van der Waals surface area contributed by atoms with Crippen LogP contribution in [0.1, 0.15) is 5.56 Å². The minimum absolute atomic E-state index is 0.170. The Morgan fingerprint density at radius 3 is 2.10 bits per heavy atom. The molecule has 0 aliphatic carbocycles. The average molecular weight is 460 g/mol. The normalized spacial score (nSPS) is 16.4. The molecule has 0 atom stereocenters. The molecule has 0 spiro atoms. The number of alkyl halides is 3. The lowest BCUT2D eigenvalue weighted by Crippen LogP contribution is -2.50. The second-order valence-electron chi connectivity index (χ2n) is 6.73. The highest BCUT2D eigenvalue weighted by Crippen LogP contribution is 2.34. The molecule has 166 valence electrons. The Kier molecular flexibility index (Phi) is 6.46. The Morgan fingerprint density at radius 2 is 1.55 bits per heavy atom. The molecule has 2 aromatic carbocycles. The van der Waals surface area contributed by atoms with E-state index < -0.39 is 44.2 Å². The topological polar surface area (TPSA) is 57.7 Å². The smallest absolute Gasteiger partial charge is 0.337 e. The minimum Gasteiger partial charge on any atom is -0.337 e. The fourth-order valence-electron chi connectivity index (χ4n) is 3.13. The molecule has 0 saturated carbocycles. The first-order valence-corrected chi connectivity index (χ1v) is 10.5. The third-order valence-corrected chi connectivity index (χ3v) is 6.65. The Balaban J connectivity index is 1.75. The second-order valence-corrected chi connectivity index (χ2v) is 8.63. The number of piperazine rings is 1. The number of carbonyl (C=O) groups excluding carboxylic acids is 1. The van der Waals surface area contributed by atoms with Gasteiger partial charge in [-0.2, -0.15) is 17.5 Å². The van der Waals surface area contributed by atoms with Crippen molar-refractivity contribution in [3.8, 4) is 0 Å². The zero-order valence-corrected chi connectivity index (χ0v) is 16.8. The van der Waals surface area contributed by atoms with Crippen LogP contribution in [-0.4, -0.2) is 55.9 Å². The third-order valence-electron chi connectivity index (χ3n) is 4.72. The molecule has 1 saturated heterocycles. The molecule has 0 bridgehead atoms. The van der Waals surface area contributed by atoms with E-state index in [1.54, 1.807) is 6.07 Å². The van der Waals surface area contributed by atoms with E-state index in [9.17, 15) is 35.2 Å². The van der Waals surface area contributed by atoms with E-state index in [0.717, 1.165) is 21.3 Å². The van der Waals surface area contributed by atoms with Crippen LogP contribution in [0.15, 0.2) is 59.5 Å². The van der Waals surface area contributed by atoms with Crippen molar-refractivity contribution in [2.24, 2.45) is 0 Å². The van der Waals surface area contributed by atoms with Crippen molar-refractivity contribution in [3.63, 3.8) is 0 Å². The molecule has 0 aromatic heterocycles. The number of amides is 1. The number of rotatable bonds is 4. The summed E-state index contributed by atoms with van der Waals surface area (Å²) in [5.74, 6) is -3.10. The first-order chi connectivity index (χ1) is 14.5. The summed E-state index contributed by atoms with van der Waals surface area (Å²) in [7, 11) is -4.29. The monoisotopic (exact) mass is 460 g/mol. The van der Waals surface area contributed by atoms with Gasteiger partial charge in [-0.05, 0) is 17.7 Å². The molecular formula is C20H17F5N2O3S. The quantitative estimate of drug-likeness (QED) is 0.519. The highest BCUT2D eigenvalue weighted by molar-refractivity contribution is 7.89. The van der Waals surface area contributed by atoms with Crippen LogP contribution < -0.4 is 0 Å². The molecule has 1 aliphatic heterocycles. The molecule has 0 N–H and O–H groups in total. The van der Waals surface area contributed by atoms with Gasteiger partial charge in [0.2, 0.25) is 15.9 Å². The van der Waals surface area contributed by atoms with Crippen molar-refractivity contribution in [2.45, 2.75) is 11.1 Å². The number of carbonyl (C=O) groups is 1. The molecule has 3 rings (SSSR count). The van der Waals surface area contributed by atoms with E-state index >= 15 is 0 Å². The van der Waals surface area contributed by atoms with Crippen molar-refractivity contribution in [3.05, 3.63) is 71.8 Å². The lowest BCUT2D eigenvalue weighted by molar-refractivity contribution is -0.127. The highest BCUT2D eigenvalue weighted by Gasteiger charge is 2.37. The molecule has 0 unspecified atom stereocenters. The van der Waals surface area contributed by atoms with Gasteiger partial charge in [-0.15, -0.1) is 0 Å². The summed E-state index contributed by atoms with van der Waals surface area (Å²) in [5.41, 5.74) is -1.28. The van der Waals surface area contributed by atoms with Crippen molar-refractivity contribution in [2.75, 3.05) is 26.2 Å². The zero-order valence-electron chi connectivity index (χ0n) is 15.9. The fraction of sp³-hybridized carbons (Fsp3) is 0.250. The molecule has 0 radical (unpaired) electrons. The summed E-state index contributed by atoms with van der Waals surface area (Å²) in [6.45, 7) is -0.856. The maximum atomic E-state index is 13.9. The van der Waals surface area contributed by atoms with Crippen LogP contribution in [0.3, 0.4) is 0 Å². The van der Waals surface area contributed by atoms with Gasteiger partial charge >= 0.3 is 6.18 Å². The first kappa shape index (κ1) is 22.9. The number of nitrogens with zero attached hydrogens (tertiary/aromatic N) is 2. The van der Waals surface area contributed by atoms with E-state index in [1.165, 1.54) is 24.3 Å². The van der Waals surface area contributed by atoms with E-state index in [1.807, 2.05) is 0 Å². The molecule has 1 fully saturated rings. The number of hydrogen-bond donors (Lipinski definition) is 0. The van der Waals surface area contributed by atoms with Crippen LogP contribution in [0.25, 0.3) is 5.57 Å². The summed E-state index contributed by atoms with van der Waals surface area (Å²) in [5, 5.41) is 0. The van der Waals surface area contributed by atoms with E-state index in [-0.39, 0.29) is 31.7 Å². The van der Waals surface area contributed by atoms with Crippen LogP contribution in [0.2, 0.25) is 0 Å². The summed E-state index contributed by atoms with van der Waals surface area (Å²) < 4.78 is 93.3. The highest BCUT2D eigenvalue weighted by atomic mass is 32.2. The van der Waals surface area contributed by atoms with Crippen LogP contribution in [0.5, 0.6) is 0 Å². The van der Waals surface area contributed by atoms with E-state index in [4.69, 9.17) is 0 Å². The lowest BCUT2D eigenvalue weighted by atomic mass is 10.0. The molecule has 11 heteroatoms. The second kappa shape index (κ2) is 8.75. The van der Waals surface area contributed by atoms with Crippen LogP contribution in [-0.2, 0) is 14.8 Å². The van der Waals surface area contributed by atoms with E-state index in [2.05, 4.69) is 0 Å². The minimum atomic E-state index is -4.76. The Hall–Kier alpha value is -2.79. The maximum absolute atomic E-state index is 13.9. The summed E-state index contributed by atoms with van der Waals surface area (Å²) in [4.78, 5) is 12.8. The van der Waals surface area contributed by atoms with Crippen molar-refractivity contribution in [1.82, 2.24) is 9.21 Å². The van der Waals surface area contributed by atoms with Gasteiger partial charge in [0.25, 0.3) is 0 Å². The van der Waals surface area contributed by atoms with Gasteiger partial charge in [0.1, 0.15) is 16.5 Å². The molecule has 1 amide bonds. The van der Waals surface area contributed by atoms with Crippen molar-refractivity contribution < 1.29 is 35.2 Å². The fourth-order valence-corrected chi connectivity index (χ4v) is 4.60. The first-order valence-electron chi connectivity index (χ1n) is 9.08. The van der Waals surface area contributed by atoms with Gasteiger partial charge in [-0.1, -0.05) is 30.3 Å². The van der Waals surface area contributed by atoms with Crippen molar-refractivity contribution >= 4 is 21.5 Å². The zero-order chi connectivity index (χ0) is 22.8. The Bertz CT molecular complexity index is 1090. The maximum Gasteiger partial charge on any atom is 0.417 e. The largest absolute Gasteiger partial charge is 0.417 e. The van der Waals surface area contributed by atoms with Gasteiger partial charge in [0, 0.05) is 38.3 Å². The lowest BCUT2D eigenvalue weighted by Gasteiger charge is -2.33. The van der Waals surface area contributed by atoms with Gasteiger partial charge in [-0.25, -0.2) is 17.2 Å². The Morgan fingerprint density at radius 1 is 0.935 bits per heavy atom. The van der Waals surface area contributed by atoms with Gasteiger partial charge in [-0.3, -0.25) is 4.79 Å². The molecule has 1 heterocycles. The number of halogens is 5. The molecule has 31 heavy (non-hydrogen) atoms. The van der Waals surface area contributed by atoms with Gasteiger partial charge in [0.15, 0.2) is 0 Å². The predicted molar refractivity (Wildman–Crippen MR) is 102 cm³/mol. The van der Waals surface area contributed by atoms with Gasteiger partial charge in [0.05, 0.1) is 5.57 Å². The number of sulfonamides is 1. The summed E-state index contributed by atoms with van der Waals surface area (Å²) in [6.07, 6.45) is -4.28. The molecule has 1 aliphatic rings. The van der Waals surface area contributed by atoms with E-state index in [0.29, 0.717) is 12.1 Å².